The van der Waals surface area contributed by atoms with Crippen LogP contribution in [0.25, 0.3) is 0 Å². The number of rotatable bonds is 4. The van der Waals surface area contributed by atoms with Crippen LogP contribution in [0.1, 0.15) is 46.5 Å². The molecule has 1 aliphatic heterocycles. The fraction of sp³-hybridized carbons (Fsp3) is 0.875. The number of carbonyl (C=O) groups excluding carboxylic acids is 2. The van der Waals surface area contributed by atoms with Crippen molar-refractivity contribution in [3.05, 3.63) is 0 Å². The Labute approximate surface area is 137 Å². The summed E-state index contributed by atoms with van der Waals surface area (Å²) in [7, 11) is 0. The Kier molecular flexibility index (Phi) is 5.59. The van der Waals surface area contributed by atoms with Crippen LogP contribution in [-0.2, 0) is 9.53 Å². The molecule has 0 spiro atoms. The third kappa shape index (κ3) is 5.04. The minimum Gasteiger partial charge on any atom is -0.444 e. The fourth-order valence-electron chi connectivity index (χ4n) is 2.90. The molecule has 1 saturated heterocycles. The monoisotopic (exact) mass is 330 g/mol. The zero-order chi connectivity index (χ0) is 16.3. The second kappa shape index (κ2) is 7.07. The summed E-state index contributed by atoms with van der Waals surface area (Å²) in [6.07, 6.45) is 3.89. The summed E-state index contributed by atoms with van der Waals surface area (Å²) in [4.78, 5) is 27.8. The first kappa shape index (κ1) is 17.4. The number of hydrogen-bond donors (Lipinski definition) is 0. The van der Waals surface area contributed by atoms with E-state index in [-0.39, 0.29) is 17.9 Å². The summed E-state index contributed by atoms with van der Waals surface area (Å²) in [5, 5.41) is 0. The molecule has 0 aromatic rings. The van der Waals surface area contributed by atoms with Crippen LogP contribution in [0.15, 0.2) is 0 Å². The van der Waals surface area contributed by atoms with Gasteiger partial charge in [0.05, 0.1) is 0 Å². The third-order valence-corrected chi connectivity index (χ3v) is 4.28. The summed E-state index contributed by atoms with van der Waals surface area (Å²) < 4.78 is 5.44. The molecule has 1 saturated carbocycles. The van der Waals surface area contributed by atoms with Crippen molar-refractivity contribution in [2.24, 2.45) is 5.92 Å². The molecule has 6 heteroatoms. The summed E-state index contributed by atoms with van der Waals surface area (Å²) in [6.45, 7) is 7.72. The first-order valence-electron chi connectivity index (χ1n) is 8.13. The van der Waals surface area contributed by atoms with Crippen LogP contribution in [-0.4, -0.2) is 59.0 Å². The van der Waals surface area contributed by atoms with Crippen molar-refractivity contribution >= 4 is 23.6 Å². The van der Waals surface area contributed by atoms with Crippen molar-refractivity contribution in [1.82, 2.24) is 9.80 Å². The highest BCUT2D eigenvalue weighted by molar-refractivity contribution is 6.27. The number of ether oxygens (including phenoxy) is 1. The minimum atomic E-state index is -0.474. The molecule has 2 aliphatic rings. The van der Waals surface area contributed by atoms with Gasteiger partial charge in [-0.2, -0.15) is 0 Å². The van der Waals surface area contributed by atoms with Crippen molar-refractivity contribution < 1.29 is 14.3 Å². The van der Waals surface area contributed by atoms with Gasteiger partial charge in [0.15, 0.2) is 0 Å². The van der Waals surface area contributed by atoms with E-state index in [4.69, 9.17) is 16.3 Å². The quantitative estimate of drug-likeness (QED) is 0.745. The number of carbonyl (C=O) groups is 2. The SMILES string of the molecule is CC(C)(C)OC(=O)N1CCCC(CN(C(=O)CCl)C2CC2)C1. The molecule has 2 fully saturated rings. The Morgan fingerprint density at radius 1 is 1.27 bits per heavy atom. The van der Waals surface area contributed by atoms with Crippen LogP contribution in [0.2, 0.25) is 0 Å². The average molecular weight is 331 g/mol. The molecule has 22 heavy (non-hydrogen) atoms. The molecule has 1 atom stereocenters. The van der Waals surface area contributed by atoms with Gasteiger partial charge in [0, 0.05) is 25.7 Å². The highest BCUT2D eigenvalue weighted by atomic mass is 35.5. The van der Waals surface area contributed by atoms with Crippen LogP contribution in [0.3, 0.4) is 0 Å². The molecule has 0 bridgehead atoms. The Bertz CT molecular complexity index is 418. The number of piperidine rings is 1. The molecule has 0 N–H and O–H groups in total. The summed E-state index contributed by atoms with van der Waals surface area (Å²) in [6, 6.07) is 0.364. The molecular weight excluding hydrogens is 304 g/mol. The van der Waals surface area contributed by atoms with Gasteiger partial charge in [0.1, 0.15) is 11.5 Å². The van der Waals surface area contributed by atoms with Crippen LogP contribution in [0, 0.1) is 5.92 Å². The first-order chi connectivity index (χ1) is 10.3. The van der Waals surface area contributed by atoms with Crippen molar-refractivity contribution in [2.45, 2.75) is 58.1 Å². The molecule has 1 aliphatic carbocycles. The van der Waals surface area contributed by atoms with Gasteiger partial charge < -0.3 is 14.5 Å². The molecule has 2 rings (SSSR count). The van der Waals surface area contributed by atoms with Crippen molar-refractivity contribution in [3.63, 3.8) is 0 Å². The van der Waals surface area contributed by atoms with Crippen molar-refractivity contribution in [3.8, 4) is 0 Å². The number of likely N-dealkylation sites (tertiary alicyclic amines) is 1. The average Bonchev–Trinajstić information content (AvgIpc) is 3.27. The van der Waals surface area contributed by atoms with Crippen LogP contribution >= 0.6 is 11.6 Å². The van der Waals surface area contributed by atoms with Gasteiger partial charge in [-0.3, -0.25) is 4.79 Å². The summed E-state index contributed by atoms with van der Waals surface area (Å²) in [5.41, 5.74) is -0.474. The number of halogens is 1. The topological polar surface area (TPSA) is 49.9 Å². The Morgan fingerprint density at radius 2 is 1.95 bits per heavy atom. The van der Waals surface area contributed by atoms with E-state index < -0.39 is 5.60 Å². The molecule has 126 valence electrons. The van der Waals surface area contributed by atoms with E-state index in [1.807, 2.05) is 25.7 Å². The normalized spacial score (nSPS) is 22.4. The summed E-state index contributed by atoms with van der Waals surface area (Å²) in [5.74, 6) is 0.367. The smallest absolute Gasteiger partial charge is 0.410 e. The highest BCUT2D eigenvalue weighted by Gasteiger charge is 2.35. The number of alkyl halides is 1. The highest BCUT2D eigenvalue weighted by Crippen LogP contribution is 2.29. The number of nitrogens with zero attached hydrogens (tertiary/aromatic N) is 2. The Hall–Kier alpha value is -0.970. The minimum absolute atomic E-state index is 0.0126. The van der Waals surface area contributed by atoms with Crippen LogP contribution < -0.4 is 0 Å². The lowest BCUT2D eigenvalue weighted by Crippen LogP contribution is -2.47. The number of amides is 2. The van der Waals surface area contributed by atoms with Crippen molar-refractivity contribution in [1.29, 1.82) is 0 Å². The predicted molar refractivity (Wildman–Crippen MR) is 86.0 cm³/mol. The zero-order valence-corrected chi connectivity index (χ0v) is 14.6. The molecule has 1 heterocycles. The maximum absolute atomic E-state index is 12.2. The largest absolute Gasteiger partial charge is 0.444 e. The zero-order valence-electron chi connectivity index (χ0n) is 13.8. The molecule has 2 amide bonds. The fourth-order valence-corrected chi connectivity index (χ4v) is 3.06. The lowest BCUT2D eigenvalue weighted by molar-refractivity contribution is -0.129. The van der Waals surface area contributed by atoms with E-state index in [0.717, 1.165) is 32.2 Å². The maximum Gasteiger partial charge on any atom is 0.410 e. The van der Waals surface area contributed by atoms with Gasteiger partial charge in [-0.1, -0.05) is 0 Å². The standard InChI is InChI=1S/C16H27ClN2O3/c1-16(2,3)22-15(21)18-8-4-5-12(10-18)11-19(13-6-7-13)14(20)9-17/h12-13H,4-11H2,1-3H3. The van der Waals surface area contributed by atoms with Gasteiger partial charge in [0.25, 0.3) is 0 Å². The summed E-state index contributed by atoms with van der Waals surface area (Å²) >= 11 is 5.71. The third-order valence-electron chi connectivity index (χ3n) is 4.05. The molecule has 0 radical (unpaired) electrons. The van der Waals surface area contributed by atoms with E-state index in [2.05, 4.69) is 0 Å². The van der Waals surface area contributed by atoms with Crippen molar-refractivity contribution in [2.75, 3.05) is 25.5 Å². The van der Waals surface area contributed by atoms with E-state index >= 15 is 0 Å². The lowest BCUT2D eigenvalue weighted by atomic mass is 9.97. The Balaban J connectivity index is 1.89. The molecule has 0 aromatic heterocycles. The Morgan fingerprint density at radius 3 is 2.50 bits per heavy atom. The van der Waals surface area contributed by atoms with E-state index in [0.29, 0.717) is 25.0 Å². The van der Waals surface area contributed by atoms with Gasteiger partial charge in [-0.15, -0.1) is 11.6 Å². The maximum atomic E-state index is 12.2. The van der Waals surface area contributed by atoms with E-state index in [1.165, 1.54) is 0 Å². The molecule has 0 aromatic carbocycles. The van der Waals surface area contributed by atoms with Gasteiger partial charge in [-0.05, 0) is 52.4 Å². The van der Waals surface area contributed by atoms with Crippen LogP contribution in [0.5, 0.6) is 0 Å². The molecule has 1 unspecified atom stereocenters. The molecule has 5 nitrogen and oxygen atoms in total. The van der Waals surface area contributed by atoms with Gasteiger partial charge in [0.2, 0.25) is 5.91 Å². The van der Waals surface area contributed by atoms with Gasteiger partial charge >= 0.3 is 6.09 Å². The molecular formula is C16H27ClN2O3. The van der Waals surface area contributed by atoms with E-state index in [1.54, 1.807) is 4.90 Å². The second-order valence-corrected chi connectivity index (χ2v) is 7.61. The lowest BCUT2D eigenvalue weighted by Gasteiger charge is -2.36. The van der Waals surface area contributed by atoms with Crippen LogP contribution in [0.4, 0.5) is 4.79 Å². The predicted octanol–water partition coefficient (Wildman–Crippen LogP) is 2.86. The number of hydrogen-bond acceptors (Lipinski definition) is 3. The first-order valence-corrected chi connectivity index (χ1v) is 8.67. The van der Waals surface area contributed by atoms with Gasteiger partial charge in [-0.25, -0.2) is 4.79 Å². The second-order valence-electron chi connectivity index (χ2n) is 7.35. The van der Waals surface area contributed by atoms with E-state index in [9.17, 15) is 9.59 Å².